The van der Waals surface area contributed by atoms with E-state index in [4.69, 9.17) is 30.5 Å². The minimum atomic E-state index is -0.969. The van der Waals surface area contributed by atoms with E-state index in [9.17, 15) is 9.59 Å². The molecule has 34 heavy (non-hydrogen) atoms. The van der Waals surface area contributed by atoms with Crippen LogP contribution in [0.2, 0.25) is 5.02 Å². The number of nitrogens with zero attached hydrogens (tertiary/aromatic N) is 1. The molecule has 2 heterocycles. The van der Waals surface area contributed by atoms with Gasteiger partial charge in [-0.25, -0.2) is 4.79 Å². The fraction of sp³-hybridized carbons (Fsp3) is 0.360. The van der Waals surface area contributed by atoms with Gasteiger partial charge in [0, 0.05) is 37.0 Å². The van der Waals surface area contributed by atoms with Gasteiger partial charge in [-0.05, 0) is 55.0 Å². The number of nitrogens with one attached hydrogen (secondary N) is 1. The van der Waals surface area contributed by atoms with Crippen LogP contribution in [0, 0.1) is 0 Å². The van der Waals surface area contributed by atoms with Crippen LogP contribution in [0.3, 0.4) is 0 Å². The van der Waals surface area contributed by atoms with Gasteiger partial charge in [0.25, 0.3) is 5.91 Å². The highest BCUT2D eigenvalue weighted by molar-refractivity contribution is 6.32. The molecule has 180 valence electrons. The molecular weight excluding hydrogens is 460 g/mol. The van der Waals surface area contributed by atoms with Gasteiger partial charge in [0.15, 0.2) is 17.6 Å². The van der Waals surface area contributed by atoms with Gasteiger partial charge in [-0.3, -0.25) is 4.79 Å². The maximum atomic E-state index is 12.5. The topological polar surface area (TPSA) is 86.3 Å². The smallest absolute Gasteiger partial charge is 0.331 e. The van der Waals surface area contributed by atoms with E-state index >= 15 is 0 Å². The lowest BCUT2D eigenvalue weighted by atomic mass is 10.2. The van der Waals surface area contributed by atoms with Gasteiger partial charge in [-0.2, -0.15) is 0 Å². The molecule has 0 radical (unpaired) electrons. The molecule has 2 aromatic carbocycles. The molecular formula is C25H27ClN2O6. The van der Waals surface area contributed by atoms with Crippen LogP contribution in [0.1, 0.15) is 18.9 Å². The second-order valence-electron chi connectivity index (χ2n) is 7.93. The summed E-state index contributed by atoms with van der Waals surface area (Å²) in [5.74, 6) is -0.0272. The van der Waals surface area contributed by atoms with Crippen molar-refractivity contribution in [1.82, 2.24) is 0 Å². The molecule has 1 saturated heterocycles. The summed E-state index contributed by atoms with van der Waals surface area (Å²) in [5, 5.41) is 3.17. The maximum Gasteiger partial charge on any atom is 0.331 e. The summed E-state index contributed by atoms with van der Waals surface area (Å²) in [4.78, 5) is 26.9. The summed E-state index contributed by atoms with van der Waals surface area (Å²) in [7, 11) is 0. The molecule has 2 aliphatic rings. The predicted molar refractivity (Wildman–Crippen MR) is 130 cm³/mol. The van der Waals surface area contributed by atoms with Crippen LogP contribution in [0.25, 0.3) is 6.08 Å². The number of anilines is 2. The van der Waals surface area contributed by atoms with Crippen molar-refractivity contribution in [3.63, 3.8) is 0 Å². The van der Waals surface area contributed by atoms with Crippen LogP contribution in [0.4, 0.5) is 11.4 Å². The third-order valence-corrected chi connectivity index (χ3v) is 5.69. The molecule has 2 aromatic rings. The zero-order chi connectivity index (χ0) is 23.9. The van der Waals surface area contributed by atoms with Gasteiger partial charge in [0.2, 0.25) is 0 Å². The van der Waals surface area contributed by atoms with Gasteiger partial charge >= 0.3 is 5.97 Å². The average molecular weight is 487 g/mol. The van der Waals surface area contributed by atoms with E-state index in [1.165, 1.54) is 13.0 Å². The Morgan fingerprint density at radius 1 is 1.09 bits per heavy atom. The lowest BCUT2D eigenvalue weighted by Gasteiger charge is -2.28. The molecule has 9 heteroatoms. The number of morpholine rings is 1. The predicted octanol–water partition coefficient (Wildman–Crippen LogP) is 3.92. The molecule has 1 unspecified atom stereocenters. The lowest BCUT2D eigenvalue weighted by Crippen LogP contribution is -2.36. The SMILES string of the molecule is CC(OC(=O)/C=C/c1cc(Cl)c2c(c1)OCCCO2)C(=O)Nc1ccc(N2CCOCC2)cc1. The van der Waals surface area contributed by atoms with Gasteiger partial charge in [0.1, 0.15) is 0 Å². The van der Waals surface area contributed by atoms with Crippen LogP contribution in [0.15, 0.2) is 42.5 Å². The average Bonchev–Trinajstić information content (AvgIpc) is 3.10. The number of benzene rings is 2. The van der Waals surface area contributed by atoms with Crippen molar-refractivity contribution in [2.45, 2.75) is 19.4 Å². The van der Waals surface area contributed by atoms with Crippen LogP contribution in [-0.2, 0) is 19.1 Å². The van der Waals surface area contributed by atoms with Gasteiger partial charge in [-0.15, -0.1) is 0 Å². The lowest BCUT2D eigenvalue weighted by molar-refractivity contribution is -0.148. The molecule has 2 aliphatic heterocycles. The minimum absolute atomic E-state index is 0.403. The van der Waals surface area contributed by atoms with E-state index in [0.29, 0.717) is 54.2 Å². The van der Waals surface area contributed by atoms with Crippen LogP contribution in [0.5, 0.6) is 11.5 Å². The second-order valence-corrected chi connectivity index (χ2v) is 8.34. The van der Waals surface area contributed by atoms with E-state index in [1.54, 1.807) is 18.2 Å². The van der Waals surface area contributed by atoms with Crippen molar-refractivity contribution in [3.8, 4) is 11.5 Å². The van der Waals surface area contributed by atoms with Crippen LogP contribution >= 0.6 is 11.6 Å². The summed E-state index contributed by atoms with van der Waals surface area (Å²) >= 11 is 6.28. The Morgan fingerprint density at radius 3 is 2.59 bits per heavy atom. The van der Waals surface area contributed by atoms with Gasteiger partial charge < -0.3 is 29.2 Å². The maximum absolute atomic E-state index is 12.5. The first-order valence-electron chi connectivity index (χ1n) is 11.2. The van der Waals surface area contributed by atoms with Crippen LogP contribution in [-0.4, -0.2) is 57.5 Å². The monoisotopic (exact) mass is 486 g/mol. The standard InChI is InChI=1S/C25H27ClN2O6/c1-17(25(30)27-19-4-6-20(7-5-19)28-9-13-31-14-10-28)34-23(29)8-3-18-15-21(26)24-22(16-18)32-11-2-12-33-24/h3-8,15-17H,2,9-14H2,1H3,(H,27,30)/b8-3+. The zero-order valence-electron chi connectivity index (χ0n) is 18.9. The summed E-state index contributed by atoms with van der Waals surface area (Å²) in [6.07, 6.45) is 2.60. The number of hydrogen-bond acceptors (Lipinski definition) is 7. The molecule has 0 saturated carbocycles. The summed E-state index contributed by atoms with van der Waals surface area (Å²) in [6.45, 7) is 5.67. The van der Waals surface area contributed by atoms with E-state index < -0.39 is 18.0 Å². The Kier molecular flexibility index (Phi) is 7.92. The Balaban J connectivity index is 1.30. The molecule has 0 bridgehead atoms. The first-order valence-corrected chi connectivity index (χ1v) is 11.6. The van der Waals surface area contributed by atoms with Gasteiger partial charge in [0.05, 0.1) is 31.5 Å². The number of rotatable bonds is 6. The van der Waals surface area contributed by atoms with E-state index in [2.05, 4.69) is 10.2 Å². The van der Waals surface area contributed by atoms with Crippen molar-refractivity contribution in [2.75, 3.05) is 49.7 Å². The Bertz CT molecular complexity index is 1050. The molecule has 1 atom stereocenters. The van der Waals surface area contributed by atoms with E-state index in [0.717, 1.165) is 25.2 Å². The first kappa shape index (κ1) is 23.9. The number of hydrogen-bond donors (Lipinski definition) is 1. The Hall–Kier alpha value is -3.23. The number of fused-ring (bicyclic) bond motifs is 1. The number of esters is 1. The van der Waals surface area contributed by atoms with Crippen molar-refractivity contribution in [2.24, 2.45) is 0 Å². The normalized spacial score (nSPS) is 16.6. The molecule has 1 fully saturated rings. The molecule has 0 aromatic heterocycles. The van der Waals surface area contributed by atoms with Gasteiger partial charge in [-0.1, -0.05) is 11.6 Å². The fourth-order valence-electron chi connectivity index (χ4n) is 3.60. The molecule has 8 nitrogen and oxygen atoms in total. The summed E-state index contributed by atoms with van der Waals surface area (Å²) in [5.41, 5.74) is 2.35. The molecule has 1 amide bonds. The van der Waals surface area contributed by atoms with Crippen molar-refractivity contribution < 1.29 is 28.5 Å². The number of amides is 1. The first-order chi connectivity index (χ1) is 16.5. The quantitative estimate of drug-likeness (QED) is 0.489. The van der Waals surface area contributed by atoms with Crippen molar-refractivity contribution in [1.29, 1.82) is 0 Å². The fourth-order valence-corrected chi connectivity index (χ4v) is 3.87. The number of halogens is 1. The highest BCUT2D eigenvalue weighted by Gasteiger charge is 2.18. The minimum Gasteiger partial charge on any atom is -0.489 e. The molecule has 0 spiro atoms. The molecule has 4 rings (SSSR count). The zero-order valence-corrected chi connectivity index (χ0v) is 19.7. The van der Waals surface area contributed by atoms with E-state index in [1.807, 2.05) is 24.3 Å². The Labute approximate surface area is 203 Å². The third kappa shape index (κ3) is 6.21. The highest BCUT2D eigenvalue weighted by Crippen LogP contribution is 2.38. The second kappa shape index (κ2) is 11.3. The molecule has 0 aliphatic carbocycles. The summed E-state index contributed by atoms with van der Waals surface area (Å²) in [6, 6.07) is 11.0. The van der Waals surface area contributed by atoms with Crippen molar-refractivity contribution in [3.05, 3.63) is 53.1 Å². The number of carbonyl (C=O) groups is 2. The number of carbonyl (C=O) groups excluding carboxylic acids is 2. The van der Waals surface area contributed by atoms with Crippen LogP contribution < -0.4 is 19.7 Å². The third-order valence-electron chi connectivity index (χ3n) is 5.41. The highest BCUT2D eigenvalue weighted by atomic mass is 35.5. The largest absolute Gasteiger partial charge is 0.489 e. The molecule has 1 N–H and O–H groups in total. The van der Waals surface area contributed by atoms with Crippen molar-refractivity contribution >= 4 is 40.9 Å². The Morgan fingerprint density at radius 2 is 1.82 bits per heavy atom. The van der Waals surface area contributed by atoms with E-state index in [-0.39, 0.29) is 0 Å². The number of ether oxygens (including phenoxy) is 4. The summed E-state index contributed by atoms with van der Waals surface area (Å²) < 4.78 is 21.9.